The molecule has 8 aromatic carbocycles. The minimum Gasteiger partial charge on any atom is -0.335 e. The standard InChI is InChI=1S/C69H65BN4/c1-66(2,3)46-33-35-49(36-34-46)73-60-40-51(71(47-23-10-8-11-24-47)48-25-12-9-13-26-48)41-61-62(60)70(57-30-20-29-56-64(57)74(61)69(7)43-45-22-15-14-21-44(45)42-68(56,69)6)65-63(73)54-39-50(37-38-55(54)67(65,4)5)72-58-31-18-16-27-52(58)53-28-17-19-32-59(53)72/h8-13,16-20,23-41,44-45H,14-15,21-22,42-43H2,1-7H3. The largest absolute Gasteiger partial charge is 0.335 e. The monoisotopic (exact) mass is 961 g/mol. The van der Waals surface area contributed by atoms with Crippen LogP contribution in [-0.2, 0) is 16.2 Å². The zero-order valence-electron chi connectivity index (χ0n) is 44.1. The number of anilines is 7. The molecule has 1 aromatic heterocycles. The SMILES string of the molecule is CC(C)(C)c1ccc(N2C3=C(B4c5cccc6c5N(c5cc(N(c7ccccc7)c7ccccc7)cc2c54)C2(C)CC4CCCCC4CC62C)C(C)(C)c2ccc(-n4c5ccccc5c5ccccc54)cc23)cc1. The van der Waals surface area contributed by atoms with Gasteiger partial charge in [0.05, 0.1) is 22.3 Å². The summed E-state index contributed by atoms with van der Waals surface area (Å²) in [6.45, 7) is 17.4. The lowest BCUT2D eigenvalue weighted by atomic mass is 9.30. The maximum absolute atomic E-state index is 2.96. The van der Waals surface area contributed by atoms with Gasteiger partial charge in [-0.2, -0.15) is 0 Å². The van der Waals surface area contributed by atoms with Crippen molar-refractivity contribution in [3.63, 3.8) is 0 Å². The quantitative estimate of drug-likeness (QED) is 0.160. The number of benzene rings is 8. The molecular formula is C69H65BN4. The average molecular weight is 961 g/mol. The average Bonchev–Trinajstić information content (AvgIpc) is 4.17. The van der Waals surface area contributed by atoms with E-state index >= 15 is 0 Å². The van der Waals surface area contributed by atoms with Gasteiger partial charge in [0.2, 0.25) is 6.71 Å². The highest BCUT2D eigenvalue weighted by molar-refractivity contribution is 6.96. The van der Waals surface area contributed by atoms with Gasteiger partial charge in [0, 0.05) is 72.7 Å². The predicted octanol–water partition coefficient (Wildman–Crippen LogP) is 16.6. The molecule has 4 nitrogen and oxygen atoms in total. The van der Waals surface area contributed by atoms with Crippen LogP contribution in [0.5, 0.6) is 0 Å². The zero-order valence-corrected chi connectivity index (χ0v) is 44.1. The molecule has 4 heterocycles. The second-order valence-electron chi connectivity index (χ2n) is 24.9. The number of hydrogen-bond acceptors (Lipinski definition) is 3. The maximum atomic E-state index is 2.96. The first kappa shape index (κ1) is 44.3. The highest BCUT2D eigenvalue weighted by Crippen LogP contribution is 2.66. The van der Waals surface area contributed by atoms with Crippen LogP contribution in [0.25, 0.3) is 33.2 Å². The van der Waals surface area contributed by atoms with Crippen LogP contribution in [0.15, 0.2) is 187 Å². The molecule has 0 bridgehead atoms. The van der Waals surface area contributed by atoms with Crippen molar-refractivity contribution in [3.8, 4) is 5.69 Å². The van der Waals surface area contributed by atoms with E-state index in [1.165, 1.54) is 133 Å². The number of nitrogens with zero attached hydrogens (tertiary/aromatic N) is 4. The Labute approximate surface area is 438 Å². The second kappa shape index (κ2) is 15.4. The van der Waals surface area contributed by atoms with Gasteiger partial charge in [-0.1, -0.05) is 182 Å². The number of allylic oxidation sites excluding steroid dienone is 1. The summed E-state index contributed by atoms with van der Waals surface area (Å²) in [6.07, 6.45) is 7.90. The number of fused-ring (bicyclic) bond motifs is 12. The van der Waals surface area contributed by atoms with E-state index in [-0.39, 0.29) is 28.5 Å². The van der Waals surface area contributed by atoms with Crippen molar-refractivity contribution in [2.24, 2.45) is 11.8 Å². The second-order valence-corrected chi connectivity index (χ2v) is 24.9. The van der Waals surface area contributed by atoms with Gasteiger partial charge in [-0.05, 0) is 137 Å². The molecule has 2 fully saturated rings. The van der Waals surface area contributed by atoms with Gasteiger partial charge in [0.15, 0.2) is 0 Å². The first-order chi connectivity index (χ1) is 35.8. The van der Waals surface area contributed by atoms with E-state index in [9.17, 15) is 0 Å². The Morgan fingerprint density at radius 3 is 1.80 bits per heavy atom. The van der Waals surface area contributed by atoms with Gasteiger partial charge in [-0.3, -0.25) is 0 Å². The van der Waals surface area contributed by atoms with Gasteiger partial charge in [-0.25, -0.2) is 0 Å². The van der Waals surface area contributed by atoms with E-state index in [4.69, 9.17) is 0 Å². The van der Waals surface area contributed by atoms with Crippen LogP contribution in [0.1, 0.15) is 109 Å². The summed E-state index contributed by atoms with van der Waals surface area (Å²) in [6, 6.07) is 69.8. The maximum Gasteiger partial charge on any atom is 0.248 e. The molecule has 0 saturated heterocycles. The fourth-order valence-electron chi connectivity index (χ4n) is 16.1. The zero-order chi connectivity index (χ0) is 50.0. The highest BCUT2D eigenvalue weighted by atomic mass is 15.3. The molecule has 2 saturated carbocycles. The van der Waals surface area contributed by atoms with E-state index in [2.05, 4.69) is 250 Å². The van der Waals surface area contributed by atoms with Crippen molar-refractivity contribution >= 4 is 85.0 Å². The smallest absolute Gasteiger partial charge is 0.248 e. The number of para-hydroxylation sites is 5. The van der Waals surface area contributed by atoms with Gasteiger partial charge in [-0.15, -0.1) is 0 Å². The van der Waals surface area contributed by atoms with Crippen LogP contribution in [0.4, 0.5) is 39.8 Å². The number of rotatable bonds is 5. The van der Waals surface area contributed by atoms with Gasteiger partial charge in [0.1, 0.15) is 0 Å². The molecule has 0 spiro atoms. The molecule has 0 radical (unpaired) electrons. The summed E-state index contributed by atoms with van der Waals surface area (Å²) in [4.78, 5) is 8.19. The van der Waals surface area contributed by atoms with E-state index in [1.807, 2.05) is 0 Å². The summed E-state index contributed by atoms with van der Waals surface area (Å²) in [5.74, 6) is 1.51. The van der Waals surface area contributed by atoms with Crippen molar-refractivity contribution in [3.05, 3.63) is 210 Å². The Morgan fingerprint density at radius 1 is 0.554 bits per heavy atom. The van der Waals surface area contributed by atoms with Crippen molar-refractivity contribution in [2.45, 2.75) is 109 Å². The molecule has 15 rings (SSSR count). The lowest BCUT2D eigenvalue weighted by Crippen LogP contribution is -2.63. The summed E-state index contributed by atoms with van der Waals surface area (Å²) in [5.41, 5.74) is 23.4. The summed E-state index contributed by atoms with van der Waals surface area (Å²) >= 11 is 0. The Kier molecular flexibility index (Phi) is 9.22. The Balaban J connectivity index is 1.06. The van der Waals surface area contributed by atoms with Crippen molar-refractivity contribution in [1.82, 2.24) is 4.57 Å². The summed E-state index contributed by atoms with van der Waals surface area (Å²) < 4.78 is 2.51. The third kappa shape index (κ3) is 5.87. The third-order valence-corrected chi connectivity index (χ3v) is 19.7. The molecule has 3 aliphatic heterocycles. The van der Waals surface area contributed by atoms with E-state index in [0.717, 1.165) is 23.2 Å². The topological polar surface area (TPSA) is 14.7 Å². The molecule has 0 N–H and O–H groups in total. The van der Waals surface area contributed by atoms with Crippen molar-refractivity contribution in [2.75, 3.05) is 14.7 Å². The molecule has 6 aliphatic rings. The minimum absolute atomic E-state index is 0.0106. The predicted molar refractivity (Wildman–Crippen MR) is 313 cm³/mol. The molecule has 0 amide bonds. The number of aromatic nitrogens is 1. The van der Waals surface area contributed by atoms with Crippen LogP contribution in [0.2, 0.25) is 0 Å². The number of hydrogen-bond donors (Lipinski definition) is 0. The normalized spacial score (nSPS) is 22.8. The van der Waals surface area contributed by atoms with Crippen LogP contribution in [0, 0.1) is 11.8 Å². The molecule has 4 atom stereocenters. The molecule has 3 aliphatic carbocycles. The first-order valence-corrected chi connectivity index (χ1v) is 27.7. The van der Waals surface area contributed by atoms with Gasteiger partial charge < -0.3 is 19.3 Å². The van der Waals surface area contributed by atoms with Crippen LogP contribution < -0.4 is 25.6 Å². The molecule has 74 heavy (non-hydrogen) atoms. The van der Waals surface area contributed by atoms with Crippen molar-refractivity contribution < 1.29 is 0 Å². The van der Waals surface area contributed by atoms with Gasteiger partial charge >= 0.3 is 0 Å². The van der Waals surface area contributed by atoms with E-state index in [1.54, 1.807) is 5.56 Å². The van der Waals surface area contributed by atoms with Crippen molar-refractivity contribution in [1.29, 1.82) is 0 Å². The molecule has 364 valence electrons. The molecule has 4 unspecified atom stereocenters. The summed E-state index contributed by atoms with van der Waals surface area (Å²) in [5, 5.41) is 2.56. The van der Waals surface area contributed by atoms with E-state index < -0.39 is 0 Å². The Bertz CT molecular complexity index is 3730. The lowest BCUT2D eigenvalue weighted by molar-refractivity contribution is 0.0581. The van der Waals surface area contributed by atoms with Crippen LogP contribution in [0.3, 0.4) is 0 Å². The Morgan fingerprint density at radius 2 is 1.15 bits per heavy atom. The molecular weight excluding hydrogens is 896 g/mol. The van der Waals surface area contributed by atoms with Gasteiger partial charge in [0.25, 0.3) is 0 Å². The molecule has 5 heteroatoms. The first-order valence-electron chi connectivity index (χ1n) is 27.7. The lowest BCUT2D eigenvalue weighted by Gasteiger charge is -2.57. The minimum atomic E-state index is -0.301. The Hall–Kier alpha value is -7.24. The fourth-order valence-corrected chi connectivity index (χ4v) is 16.1. The summed E-state index contributed by atoms with van der Waals surface area (Å²) in [7, 11) is 0. The van der Waals surface area contributed by atoms with E-state index in [0.29, 0.717) is 0 Å². The third-order valence-electron chi connectivity index (χ3n) is 19.7. The highest BCUT2D eigenvalue weighted by Gasteiger charge is 2.65. The van der Waals surface area contributed by atoms with Crippen LogP contribution >= 0.6 is 0 Å². The van der Waals surface area contributed by atoms with Crippen LogP contribution in [-0.4, -0.2) is 16.8 Å². The fraction of sp³-hybridized carbons (Fsp3) is 0.275. The molecule has 9 aromatic rings.